The van der Waals surface area contributed by atoms with Gasteiger partial charge in [-0.05, 0) is 31.6 Å². The quantitative estimate of drug-likeness (QED) is 0.755. The Kier molecular flexibility index (Phi) is 3.76. The zero-order valence-electron chi connectivity index (χ0n) is 12.7. The van der Waals surface area contributed by atoms with Gasteiger partial charge in [-0.2, -0.15) is 0 Å². The second-order valence-electron chi connectivity index (χ2n) is 6.91. The fourth-order valence-corrected chi connectivity index (χ4v) is 4.28. The minimum atomic E-state index is -0.979. The van der Waals surface area contributed by atoms with Crippen molar-refractivity contribution in [2.75, 3.05) is 0 Å². The molecule has 1 heterocycles. The Balaban J connectivity index is 1.92. The van der Waals surface area contributed by atoms with Crippen molar-refractivity contribution in [3.8, 4) is 0 Å². The van der Waals surface area contributed by atoms with E-state index < -0.39 is 11.4 Å². The van der Waals surface area contributed by atoms with Crippen LogP contribution >= 0.6 is 0 Å². The number of nitrogens with one attached hydrogen (secondary N) is 1. The Labute approximate surface area is 125 Å². The Morgan fingerprint density at radius 1 is 1.00 bits per heavy atom. The summed E-state index contributed by atoms with van der Waals surface area (Å²) < 4.78 is 0. The number of carbonyl (C=O) groups is 3. The van der Waals surface area contributed by atoms with Gasteiger partial charge in [0.2, 0.25) is 11.8 Å². The second kappa shape index (κ2) is 5.43. The van der Waals surface area contributed by atoms with E-state index in [1.807, 2.05) is 0 Å². The van der Waals surface area contributed by atoms with Crippen molar-refractivity contribution >= 4 is 17.8 Å². The minimum absolute atomic E-state index is 0.0364. The molecule has 0 aromatic rings. The Morgan fingerprint density at radius 3 is 2.24 bits per heavy atom. The normalized spacial score (nSPS) is 33.2. The summed E-state index contributed by atoms with van der Waals surface area (Å²) >= 11 is 0. The van der Waals surface area contributed by atoms with E-state index in [1.54, 1.807) is 0 Å². The first-order valence-electron chi connectivity index (χ1n) is 8.25. The van der Waals surface area contributed by atoms with Gasteiger partial charge in [-0.1, -0.05) is 39.0 Å². The van der Waals surface area contributed by atoms with E-state index >= 15 is 0 Å². The molecular weight excluding hydrogens is 268 g/mol. The van der Waals surface area contributed by atoms with Crippen LogP contribution in [0, 0.1) is 11.3 Å². The Hall–Kier alpha value is -1.39. The third-order valence-corrected chi connectivity index (χ3v) is 5.61. The average Bonchev–Trinajstić information content (AvgIpc) is 2.73. The first-order valence-corrected chi connectivity index (χ1v) is 8.25. The van der Waals surface area contributed by atoms with Crippen LogP contribution in [0.5, 0.6) is 0 Å². The fraction of sp³-hybridized carbons (Fsp3) is 0.812. The highest BCUT2D eigenvalue weighted by molar-refractivity contribution is 6.19. The topological polar surface area (TPSA) is 66.5 Å². The number of hydrogen-bond acceptors (Lipinski definition) is 3. The third-order valence-electron chi connectivity index (χ3n) is 5.61. The predicted molar refractivity (Wildman–Crippen MR) is 77.3 cm³/mol. The lowest BCUT2D eigenvalue weighted by Gasteiger charge is -2.42. The van der Waals surface area contributed by atoms with Crippen LogP contribution in [0.2, 0.25) is 0 Å². The molecule has 5 heteroatoms. The molecule has 3 rings (SSSR count). The summed E-state index contributed by atoms with van der Waals surface area (Å²) in [4.78, 5) is 39.1. The number of rotatable bonds is 1. The molecule has 3 aliphatic rings. The van der Waals surface area contributed by atoms with Gasteiger partial charge in [-0.25, -0.2) is 4.79 Å². The molecule has 0 bridgehead atoms. The number of nitrogens with zero attached hydrogens (tertiary/aromatic N) is 1. The van der Waals surface area contributed by atoms with Gasteiger partial charge in [-0.15, -0.1) is 0 Å². The summed E-state index contributed by atoms with van der Waals surface area (Å²) in [5, 5.41) is 2.47. The van der Waals surface area contributed by atoms with E-state index in [0.29, 0.717) is 18.8 Å². The maximum Gasteiger partial charge on any atom is 0.331 e. The summed E-state index contributed by atoms with van der Waals surface area (Å²) in [5.74, 6) is -0.256. The first kappa shape index (κ1) is 14.5. The van der Waals surface area contributed by atoms with Gasteiger partial charge in [0.1, 0.15) is 5.41 Å². The summed E-state index contributed by atoms with van der Waals surface area (Å²) in [6.07, 6.45) is 8.04. The van der Waals surface area contributed by atoms with Crippen molar-refractivity contribution in [3.63, 3.8) is 0 Å². The molecule has 1 N–H and O–H groups in total. The van der Waals surface area contributed by atoms with Crippen molar-refractivity contribution in [2.24, 2.45) is 11.3 Å². The molecule has 2 unspecified atom stereocenters. The zero-order chi connectivity index (χ0) is 15.0. The molecule has 116 valence electrons. The lowest BCUT2D eigenvalue weighted by atomic mass is 9.76. The van der Waals surface area contributed by atoms with Gasteiger partial charge in [0.15, 0.2) is 0 Å². The van der Waals surface area contributed by atoms with Gasteiger partial charge >= 0.3 is 6.03 Å². The molecule has 2 saturated carbocycles. The highest BCUT2D eigenvalue weighted by Gasteiger charge is 2.55. The number of carbonyl (C=O) groups excluding carboxylic acids is 3. The van der Waals surface area contributed by atoms with Crippen molar-refractivity contribution < 1.29 is 14.4 Å². The maximum absolute atomic E-state index is 13.1. The Bertz CT molecular complexity index is 466. The van der Waals surface area contributed by atoms with Gasteiger partial charge in [0.25, 0.3) is 0 Å². The van der Waals surface area contributed by atoms with Crippen LogP contribution in [-0.4, -0.2) is 28.8 Å². The van der Waals surface area contributed by atoms with Crippen LogP contribution in [0.3, 0.4) is 0 Å². The van der Waals surface area contributed by atoms with E-state index in [0.717, 1.165) is 44.9 Å². The van der Waals surface area contributed by atoms with Gasteiger partial charge in [-0.3, -0.25) is 19.8 Å². The summed E-state index contributed by atoms with van der Waals surface area (Å²) in [5.41, 5.74) is -0.979. The van der Waals surface area contributed by atoms with E-state index in [4.69, 9.17) is 0 Å². The van der Waals surface area contributed by atoms with E-state index in [9.17, 15) is 14.4 Å². The van der Waals surface area contributed by atoms with Crippen molar-refractivity contribution in [3.05, 3.63) is 0 Å². The number of imide groups is 2. The highest BCUT2D eigenvalue weighted by Crippen LogP contribution is 2.41. The third kappa shape index (κ3) is 2.27. The van der Waals surface area contributed by atoms with Crippen LogP contribution in [0.15, 0.2) is 0 Å². The molecule has 1 aliphatic heterocycles. The fourth-order valence-electron chi connectivity index (χ4n) is 4.28. The predicted octanol–water partition coefficient (Wildman–Crippen LogP) is 2.59. The van der Waals surface area contributed by atoms with Crippen LogP contribution in [0.4, 0.5) is 4.79 Å². The van der Waals surface area contributed by atoms with Crippen molar-refractivity contribution in [1.82, 2.24) is 10.2 Å². The van der Waals surface area contributed by atoms with Crippen LogP contribution < -0.4 is 5.32 Å². The molecule has 1 spiro atoms. The Morgan fingerprint density at radius 2 is 1.67 bits per heavy atom. The molecule has 1 saturated heterocycles. The SMILES string of the molecule is CC1CCCC1N1C(=O)NC(=O)C2(CCCCCC2)C1=O. The zero-order valence-corrected chi connectivity index (χ0v) is 12.7. The lowest BCUT2D eigenvalue weighted by molar-refractivity contribution is -0.154. The smallest absolute Gasteiger partial charge is 0.277 e. The van der Waals surface area contributed by atoms with Gasteiger partial charge in [0, 0.05) is 6.04 Å². The number of hydrogen-bond donors (Lipinski definition) is 1. The maximum atomic E-state index is 13.1. The molecule has 2 atom stereocenters. The van der Waals surface area contributed by atoms with E-state index in [1.165, 1.54) is 4.90 Å². The molecule has 0 radical (unpaired) electrons. The van der Waals surface area contributed by atoms with Gasteiger partial charge in [0.05, 0.1) is 0 Å². The standard InChI is InChI=1S/C16H24N2O3/c1-11-7-6-8-12(11)18-14(20)16(13(19)17-15(18)21)9-4-2-3-5-10-16/h11-12H,2-10H2,1H3,(H,17,19,21). The van der Waals surface area contributed by atoms with Crippen molar-refractivity contribution in [2.45, 2.75) is 70.8 Å². The molecule has 0 aromatic carbocycles. The number of urea groups is 1. The second-order valence-corrected chi connectivity index (χ2v) is 6.91. The molecule has 21 heavy (non-hydrogen) atoms. The average molecular weight is 292 g/mol. The van der Waals surface area contributed by atoms with Crippen LogP contribution in [0.25, 0.3) is 0 Å². The highest BCUT2D eigenvalue weighted by atomic mass is 16.2. The van der Waals surface area contributed by atoms with Crippen molar-refractivity contribution in [1.29, 1.82) is 0 Å². The molecule has 4 amide bonds. The summed E-state index contributed by atoms with van der Waals surface area (Å²) in [7, 11) is 0. The van der Waals surface area contributed by atoms with E-state index in [-0.39, 0.29) is 17.9 Å². The number of amides is 4. The molecule has 3 fully saturated rings. The van der Waals surface area contributed by atoms with Crippen LogP contribution in [0.1, 0.15) is 64.7 Å². The molecular formula is C16H24N2O3. The van der Waals surface area contributed by atoms with Gasteiger partial charge < -0.3 is 0 Å². The number of barbiturate groups is 1. The molecule has 5 nitrogen and oxygen atoms in total. The summed E-state index contributed by atoms with van der Waals surface area (Å²) in [6, 6.07) is -0.538. The summed E-state index contributed by atoms with van der Waals surface area (Å²) in [6.45, 7) is 2.09. The molecule has 2 aliphatic carbocycles. The van der Waals surface area contributed by atoms with E-state index in [2.05, 4.69) is 12.2 Å². The first-order chi connectivity index (χ1) is 10.1. The monoisotopic (exact) mass is 292 g/mol. The largest absolute Gasteiger partial charge is 0.331 e. The lowest BCUT2D eigenvalue weighted by Crippen LogP contribution is -2.66. The minimum Gasteiger partial charge on any atom is -0.277 e. The van der Waals surface area contributed by atoms with Crippen LogP contribution in [-0.2, 0) is 9.59 Å². The molecule has 0 aromatic heterocycles.